The first kappa shape index (κ1) is 12.0. The highest BCUT2D eigenvalue weighted by molar-refractivity contribution is 7.99. The molecule has 16 heavy (non-hydrogen) atoms. The van der Waals surface area contributed by atoms with Gasteiger partial charge in [-0.15, -0.1) is 0 Å². The van der Waals surface area contributed by atoms with Gasteiger partial charge >= 0.3 is 0 Å². The summed E-state index contributed by atoms with van der Waals surface area (Å²) in [7, 11) is 0. The monoisotopic (exact) mass is 235 g/mol. The summed E-state index contributed by atoms with van der Waals surface area (Å²) >= 11 is 2.01. The summed E-state index contributed by atoms with van der Waals surface area (Å²) in [6.45, 7) is 8.90. The smallest absolute Gasteiger partial charge is 0.0423 e. The van der Waals surface area contributed by atoms with E-state index >= 15 is 0 Å². The van der Waals surface area contributed by atoms with Crippen LogP contribution in [0.1, 0.15) is 42.1 Å². The van der Waals surface area contributed by atoms with E-state index in [0.717, 1.165) is 5.75 Å². The summed E-state index contributed by atoms with van der Waals surface area (Å²) in [5.74, 6) is 1.77. The largest absolute Gasteiger partial charge is 0.323 e. The summed E-state index contributed by atoms with van der Waals surface area (Å²) in [5, 5.41) is 0.564. The number of rotatable bonds is 1. The topological polar surface area (TPSA) is 26.0 Å². The second-order valence-corrected chi connectivity index (χ2v) is 6.37. The average molecular weight is 235 g/mol. The van der Waals surface area contributed by atoms with Crippen molar-refractivity contribution in [3.05, 3.63) is 34.4 Å². The molecule has 2 rings (SSSR count). The van der Waals surface area contributed by atoms with Crippen LogP contribution in [0.5, 0.6) is 0 Å². The minimum absolute atomic E-state index is 0.203. The maximum atomic E-state index is 6.42. The van der Waals surface area contributed by atoms with Crippen molar-refractivity contribution in [1.82, 2.24) is 0 Å². The average Bonchev–Trinajstić information content (AvgIpc) is 2.15. The number of thioether (sulfide) groups is 1. The molecule has 0 amide bonds. The Kier molecular flexibility index (Phi) is 3.32. The molecule has 0 saturated heterocycles. The fourth-order valence-corrected chi connectivity index (χ4v) is 4.06. The van der Waals surface area contributed by atoms with Gasteiger partial charge in [0, 0.05) is 17.0 Å². The molecule has 2 heteroatoms. The van der Waals surface area contributed by atoms with Crippen LogP contribution in [0.15, 0.2) is 12.1 Å². The Balaban J connectivity index is 2.44. The zero-order chi connectivity index (χ0) is 11.9. The minimum Gasteiger partial charge on any atom is -0.323 e. The second-order valence-electron chi connectivity index (χ2n) is 5.20. The van der Waals surface area contributed by atoms with E-state index in [1.807, 2.05) is 11.8 Å². The van der Waals surface area contributed by atoms with Gasteiger partial charge in [-0.05, 0) is 36.5 Å². The highest BCUT2D eigenvalue weighted by Crippen LogP contribution is 2.41. The zero-order valence-corrected chi connectivity index (χ0v) is 11.4. The van der Waals surface area contributed by atoms with Gasteiger partial charge in [0.05, 0.1) is 0 Å². The second kappa shape index (κ2) is 4.42. The molecule has 0 radical (unpaired) electrons. The maximum absolute atomic E-state index is 6.42. The predicted octanol–water partition coefficient (Wildman–Crippen LogP) is 3.57. The first-order valence-corrected chi connectivity index (χ1v) is 7.02. The van der Waals surface area contributed by atoms with E-state index < -0.39 is 0 Å². The van der Waals surface area contributed by atoms with Crippen molar-refractivity contribution in [2.45, 2.75) is 44.7 Å². The van der Waals surface area contributed by atoms with Crippen LogP contribution in [0.2, 0.25) is 0 Å². The molecule has 2 N–H and O–H groups in total. The lowest BCUT2D eigenvalue weighted by Gasteiger charge is -2.34. The predicted molar refractivity (Wildman–Crippen MR) is 72.8 cm³/mol. The summed E-state index contributed by atoms with van der Waals surface area (Å²) in [6.07, 6.45) is 0. The molecule has 88 valence electrons. The van der Waals surface area contributed by atoms with Crippen LogP contribution < -0.4 is 5.73 Å². The molecule has 0 spiro atoms. The van der Waals surface area contributed by atoms with Gasteiger partial charge in [0.25, 0.3) is 0 Å². The summed E-state index contributed by atoms with van der Waals surface area (Å²) in [6, 6.07) is 4.76. The SMILES string of the molecule is Cc1cc(C)c2c(c1)CSC(C(C)C)C2N. The highest BCUT2D eigenvalue weighted by atomic mass is 32.2. The maximum Gasteiger partial charge on any atom is 0.0423 e. The van der Waals surface area contributed by atoms with Crippen molar-refractivity contribution in [2.75, 3.05) is 0 Å². The third-order valence-electron chi connectivity index (χ3n) is 3.39. The molecule has 0 aromatic heterocycles. The highest BCUT2D eigenvalue weighted by Gasteiger charge is 2.30. The van der Waals surface area contributed by atoms with E-state index in [1.165, 1.54) is 22.3 Å². The molecule has 1 nitrogen and oxygen atoms in total. The number of hydrogen-bond donors (Lipinski definition) is 1. The fraction of sp³-hybridized carbons (Fsp3) is 0.571. The van der Waals surface area contributed by atoms with E-state index in [0.29, 0.717) is 11.2 Å². The van der Waals surface area contributed by atoms with Crippen LogP contribution in [0.3, 0.4) is 0 Å². The molecule has 1 aliphatic rings. The Labute approximate surface area is 103 Å². The lowest BCUT2D eigenvalue weighted by Crippen LogP contribution is -2.32. The van der Waals surface area contributed by atoms with E-state index in [1.54, 1.807) is 0 Å². The number of benzene rings is 1. The third kappa shape index (κ3) is 2.01. The molecule has 1 aromatic carbocycles. The van der Waals surface area contributed by atoms with Gasteiger partial charge in [-0.1, -0.05) is 31.5 Å². The number of hydrogen-bond acceptors (Lipinski definition) is 2. The van der Waals surface area contributed by atoms with Gasteiger partial charge in [-0.3, -0.25) is 0 Å². The van der Waals surface area contributed by atoms with Crippen molar-refractivity contribution in [3.63, 3.8) is 0 Å². The Morgan fingerprint density at radius 2 is 2.00 bits per heavy atom. The van der Waals surface area contributed by atoms with Crippen LogP contribution in [0.4, 0.5) is 0 Å². The fourth-order valence-electron chi connectivity index (χ4n) is 2.72. The molecule has 2 unspecified atom stereocenters. The normalized spacial score (nSPS) is 24.6. The number of nitrogens with two attached hydrogens (primary N) is 1. The van der Waals surface area contributed by atoms with E-state index in [4.69, 9.17) is 5.73 Å². The molecule has 0 aliphatic carbocycles. The van der Waals surface area contributed by atoms with Gasteiger partial charge in [0.2, 0.25) is 0 Å². The van der Waals surface area contributed by atoms with Gasteiger partial charge in [0.15, 0.2) is 0 Å². The van der Waals surface area contributed by atoms with Gasteiger partial charge in [-0.2, -0.15) is 11.8 Å². The quantitative estimate of drug-likeness (QED) is 0.805. The van der Waals surface area contributed by atoms with Gasteiger partial charge in [0.1, 0.15) is 0 Å². The van der Waals surface area contributed by atoms with Crippen molar-refractivity contribution in [1.29, 1.82) is 0 Å². The molecule has 1 heterocycles. The van der Waals surface area contributed by atoms with Crippen LogP contribution in [0, 0.1) is 19.8 Å². The Morgan fingerprint density at radius 1 is 1.31 bits per heavy atom. The minimum atomic E-state index is 0.203. The van der Waals surface area contributed by atoms with E-state index in [9.17, 15) is 0 Å². The standard InChI is InChI=1S/C14H21NS/c1-8(2)14-13(15)12-10(4)5-9(3)6-11(12)7-16-14/h5-6,8,13-14H,7,15H2,1-4H3. The molecule has 0 saturated carbocycles. The first-order chi connectivity index (χ1) is 7.50. The number of aryl methyl sites for hydroxylation is 2. The van der Waals surface area contributed by atoms with Crippen molar-refractivity contribution in [2.24, 2.45) is 11.7 Å². The van der Waals surface area contributed by atoms with Gasteiger partial charge < -0.3 is 5.73 Å². The molecule has 2 atom stereocenters. The zero-order valence-electron chi connectivity index (χ0n) is 10.6. The third-order valence-corrected chi connectivity index (χ3v) is 5.09. The Hall–Kier alpha value is -0.470. The first-order valence-electron chi connectivity index (χ1n) is 5.98. The van der Waals surface area contributed by atoms with Crippen LogP contribution >= 0.6 is 11.8 Å². The van der Waals surface area contributed by atoms with Crippen molar-refractivity contribution < 1.29 is 0 Å². The summed E-state index contributed by atoms with van der Waals surface area (Å²) in [4.78, 5) is 0. The Bertz CT molecular complexity index is 398. The molecule has 1 aromatic rings. The lowest BCUT2D eigenvalue weighted by atomic mass is 9.89. The molecule has 1 aliphatic heterocycles. The summed E-state index contributed by atoms with van der Waals surface area (Å²) < 4.78 is 0. The van der Waals surface area contributed by atoms with E-state index in [2.05, 4.69) is 39.8 Å². The number of fused-ring (bicyclic) bond motifs is 1. The van der Waals surface area contributed by atoms with E-state index in [-0.39, 0.29) is 6.04 Å². The molecular formula is C14H21NS. The van der Waals surface area contributed by atoms with Crippen LogP contribution in [-0.2, 0) is 5.75 Å². The van der Waals surface area contributed by atoms with Gasteiger partial charge in [-0.25, -0.2) is 0 Å². The van der Waals surface area contributed by atoms with Crippen LogP contribution in [0.25, 0.3) is 0 Å². The lowest BCUT2D eigenvalue weighted by molar-refractivity contribution is 0.519. The molecular weight excluding hydrogens is 214 g/mol. The van der Waals surface area contributed by atoms with Crippen molar-refractivity contribution in [3.8, 4) is 0 Å². The van der Waals surface area contributed by atoms with Crippen LogP contribution in [-0.4, -0.2) is 5.25 Å². The molecule has 0 bridgehead atoms. The Morgan fingerprint density at radius 3 is 2.62 bits per heavy atom. The van der Waals surface area contributed by atoms with Crippen molar-refractivity contribution >= 4 is 11.8 Å². The summed E-state index contributed by atoms with van der Waals surface area (Å²) in [5.41, 5.74) is 12.0. The molecule has 0 fully saturated rings.